The van der Waals surface area contributed by atoms with Crippen molar-refractivity contribution in [3.05, 3.63) is 24.0 Å². The lowest BCUT2D eigenvalue weighted by Gasteiger charge is -2.32. The average Bonchev–Trinajstić information content (AvgIpc) is 2.35. The van der Waals surface area contributed by atoms with E-state index in [0.29, 0.717) is 12.0 Å². The van der Waals surface area contributed by atoms with Crippen molar-refractivity contribution >= 4 is 11.4 Å². The molecular formula is C14H21FN2. The fraction of sp³-hybridized carbons (Fsp3) is 0.571. The van der Waals surface area contributed by atoms with Crippen LogP contribution in [0.2, 0.25) is 0 Å². The molecule has 0 bridgehead atoms. The second-order valence-electron chi connectivity index (χ2n) is 4.90. The zero-order valence-electron chi connectivity index (χ0n) is 10.4. The number of nitrogen functional groups attached to an aromatic ring is 1. The van der Waals surface area contributed by atoms with Crippen LogP contribution in [0.5, 0.6) is 0 Å². The van der Waals surface area contributed by atoms with Crippen LogP contribution < -0.4 is 11.1 Å². The number of halogens is 1. The fourth-order valence-corrected chi connectivity index (χ4v) is 2.75. The highest BCUT2D eigenvalue weighted by Gasteiger charge is 2.24. The van der Waals surface area contributed by atoms with Gasteiger partial charge in [0, 0.05) is 6.04 Å². The van der Waals surface area contributed by atoms with Gasteiger partial charge in [0.25, 0.3) is 0 Å². The molecule has 1 aromatic rings. The summed E-state index contributed by atoms with van der Waals surface area (Å²) in [6.45, 7) is 2.22. The Hall–Kier alpha value is -1.25. The third kappa shape index (κ3) is 2.71. The molecule has 1 aliphatic carbocycles. The van der Waals surface area contributed by atoms with Crippen LogP contribution in [-0.4, -0.2) is 6.04 Å². The lowest BCUT2D eigenvalue weighted by Crippen LogP contribution is -2.32. The van der Waals surface area contributed by atoms with Crippen molar-refractivity contribution in [1.82, 2.24) is 0 Å². The van der Waals surface area contributed by atoms with E-state index in [4.69, 9.17) is 5.73 Å². The highest BCUT2D eigenvalue weighted by molar-refractivity contribution is 5.66. The fourth-order valence-electron chi connectivity index (χ4n) is 2.75. The van der Waals surface area contributed by atoms with Gasteiger partial charge in [-0.15, -0.1) is 0 Å². The number of benzene rings is 1. The second-order valence-corrected chi connectivity index (χ2v) is 4.90. The third-order valence-corrected chi connectivity index (χ3v) is 3.83. The van der Waals surface area contributed by atoms with E-state index in [1.54, 1.807) is 6.07 Å². The first-order valence-corrected chi connectivity index (χ1v) is 6.53. The molecule has 0 aromatic heterocycles. The van der Waals surface area contributed by atoms with Crippen molar-refractivity contribution in [2.75, 3.05) is 11.1 Å². The Morgan fingerprint density at radius 1 is 1.35 bits per heavy atom. The van der Waals surface area contributed by atoms with Gasteiger partial charge in [0.1, 0.15) is 5.82 Å². The van der Waals surface area contributed by atoms with Gasteiger partial charge in [0.15, 0.2) is 0 Å². The number of nitrogens with one attached hydrogen (secondary N) is 1. The molecule has 2 atom stereocenters. The number of hydrogen-bond acceptors (Lipinski definition) is 2. The van der Waals surface area contributed by atoms with E-state index in [9.17, 15) is 4.39 Å². The van der Waals surface area contributed by atoms with E-state index in [2.05, 4.69) is 12.2 Å². The summed E-state index contributed by atoms with van der Waals surface area (Å²) in [6.07, 6.45) is 6.17. The molecule has 3 heteroatoms. The van der Waals surface area contributed by atoms with Gasteiger partial charge in [-0.1, -0.05) is 32.3 Å². The Kier molecular flexibility index (Phi) is 3.87. The maximum absolute atomic E-state index is 13.3. The first-order chi connectivity index (χ1) is 8.22. The second kappa shape index (κ2) is 5.39. The van der Waals surface area contributed by atoms with E-state index in [0.717, 1.165) is 12.1 Å². The molecule has 1 saturated carbocycles. The van der Waals surface area contributed by atoms with Gasteiger partial charge < -0.3 is 11.1 Å². The van der Waals surface area contributed by atoms with E-state index >= 15 is 0 Å². The minimum atomic E-state index is -0.334. The lowest BCUT2D eigenvalue weighted by atomic mass is 9.83. The Morgan fingerprint density at radius 2 is 2.12 bits per heavy atom. The summed E-state index contributed by atoms with van der Waals surface area (Å²) in [4.78, 5) is 0. The molecule has 17 heavy (non-hydrogen) atoms. The summed E-state index contributed by atoms with van der Waals surface area (Å²) in [5.74, 6) is 0.352. The summed E-state index contributed by atoms with van der Waals surface area (Å²) >= 11 is 0. The normalized spacial score (nSPS) is 24.6. The van der Waals surface area contributed by atoms with Crippen molar-refractivity contribution in [3.8, 4) is 0 Å². The van der Waals surface area contributed by atoms with Crippen LogP contribution in [-0.2, 0) is 0 Å². The van der Waals surface area contributed by atoms with Gasteiger partial charge in [-0.25, -0.2) is 4.39 Å². The molecule has 0 saturated heterocycles. The lowest BCUT2D eigenvalue weighted by molar-refractivity contribution is 0.317. The van der Waals surface area contributed by atoms with Crippen LogP contribution in [0.1, 0.15) is 39.0 Å². The summed E-state index contributed by atoms with van der Waals surface area (Å²) in [5, 5.41) is 3.43. The number of para-hydroxylation sites is 1. The van der Waals surface area contributed by atoms with Crippen molar-refractivity contribution in [1.29, 1.82) is 0 Å². The quantitative estimate of drug-likeness (QED) is 0.784. The molecule has 94 valence electrons. The van der Waals surface area contributed by atoms with Crippen LogP contribution in [0.3, 0.4) is 0 Å². The van der Waals surface area contributed by atoms with E-state index in [1.165, 1.54) is 31.7 Å². The first kappa shape index (κ1) is 12.2. The van der Waals surface area contributed by atoms with Crippen LogP contribution >= 0.6 is 0 Å². The third-order valence-electron chi connectivity index (χ3n) is 3.83. The minimum absolute atomic E-state index is 0.243. The standard InChI is InChI=1S/C14H21FN2/c1-2-10-6-3-4-8-12(10)17-13-9-5-7-11(15)14(13)16/h5,7,9-10,12,17H,2-4,6,8,16H2,1H3. The van der Waals surface area contributed by atoms with E-state index in [1.807, 2.05) is 6.07 Å². The van der Waals surface area contributed by atoms with Crippen molar-refractivity contribution in [3.63, 3.8) is 0 Å². The predicted octanol–water partition coefficient (Wildman–Crippen LogP) is 3.79. The molecule has 2 unspecified atom stereocenters. The number of rotatable bonds is 3. The van der Waals surface area contributed by atoms with Crippen LogP contribution in [0.15, 0.2) is 18.2 Å². The van der Waals surface area contributed by atoms with Gasteiger partial charge in [0.2, 0.25) is 0 Å². The highest BCUT2D eigenvalue weighted by Crippen LogP contribution is 2.31. The SMILES string of the molecule is CCC1CCCCC1Nc1cccc(F)c1N. The van der Waals surface area contributed by atoms with Crippen molar-refractivity contribution in [2.45, 2.75) is 45.1 Å². The Balaban J connectivity index is 2.11. The maximum atomic E-state index is 13.3. The summed E-state index contributed by atoms with van der Waals surface area (Å²) < 4.78 is 13.3. The predicted molar refractivity (Wildman–Crippen MR) is 70.5 cm³/mol. The molecule has 0 amide bonds. The molecule has 3 N–H and O–H groups in total. The van der Waals surface area contributed by atoms with Crippen LogP contribution in [0.4, 0.5) is 15.8 Å². The smallest absolute Gasteiger partial charge is 0.148 e. The number of nitrogens with two attached hydrogens (primary N) is 1. The molecule has 0 aliphatic heterocycles. The summed E-state index contributed by atoms with van der Waals surface area (Å²) in [5.41, 5.74) is 6.74. The molecular weight excluding hydrogens is 215 g/mol. The summed E-state index contributed by atoms with van der Waals surface area (Å²) in [7, 11) is 0. The maximum Gasteiger partial charge on any atom is 0.148 e. The van der Waals surface area contributed by atoms with Crippen LogP contribution in [0, 0.1) is 11.7 Å². The molecule has 1 aliphatic rings. The topological polar surface area (TPSA) is 38.0 Å². The monoisotopic (exact) mass is 236 g/mol. The number of anilines is 2. The van der Waals surface area contributed by atoms with Gasteiger partial charge in [-0.2, -0.15) is 0 Å². The van der Waals surface area contributed by atoms with Gasteiger partial charge in [-0.05, 0) is 30.9 Å². The Bertz CT molecular complexity index is 378. The van der Waals surface area contributed by atoms with Gasteiger partial charge in [0.05, 0.1) is 11.4 Å². The largest absolute Gasteiger partial charge is 0.395 e. The molecule has 0 radical (unpaired) electrons. The number of hydrogen-bond donors (Lipinski definition) is 2. The minimum Gasteiger partial charge on any atom is -0.395 e. The van der Waals surface area contributed by atoms with Crippen molar-refractivity contribution in [2.24, 2.45) is 5.92 Å². The van der Waals surface area contributed by atoms with Crippen molar-refractivity contribution < 1.29 is 4.39 Å². The molecule has 0 spiro atoms. The molecule has 2 rings (SSSR count). The average molecular weight is 236 g/mol. The molecule has 2 nitrogen and oxygen atoms in total. The molecule has 0 heterocycles. The summed E-state index contributed by atoms with van der Waals surface area (Å²) in [6, 6.07) is 5.41. The Morgan fingerprint density at radius 3 is 2.88 bits per heavy atom. The Labute approximate surface area is 102 Å². The molecule has 1 fully saturated rings. The van der Waals surface area contributed by atoms with Crippen LogP contribution in [0.25, 0.3) is 0 Å². The van der Waals surface area contributed by atoms with E-state index < -0.39 is 0 Å². The molecule has 1 aromatic carbocycles. The zero-order valence-corrected chi connectivity index (χ0v) is 10.4. The highest BCUT2D eigenvalue weighted by atomic mass is 19.1. The zero-order chi connectivity index (χ0) is 12.3. The van der Waals surface area contributed by atoms with E-state index in [-0.39, 0.29) is 11.5 Å². The first-order valence-electron chi connectivity index (χ1n) is 6.53. The van der Waals surface area contributed by atoms with Gasteiger partial charge in [-0.3, -0.25) is 0 Å². The van der Waals surface area contributed by atoms with Gasteiger partial charge >= 0.3 is 0 Å².